The molecule has 1 N–H and O–H groups in total. The highest BCUT2D eigenvalue weighted by molar-refractivity contribution is 5.94. The number of benzene rings is 2. The lowest BCUT2D eigenvalue weighted by Gasteiger charge is -2.26. The Morgan fingerprint density at radius 1 is 1.06 bits per heavy atom. The Morgan fingerprint density at radius 2 is 1.81 bits per heavy atom. The SMILES string of the molecule is CCCn1c(CN2CCCCC2)nc2cc(NC(=O)COc3ccc(OC)cc3)ccc21. The number of likely N-dealkylation sites (tertiary alicyclic amines) is 1. The molecule has 1 amide bonds. The van der Waals surface area contributed by atoms with Crippen LogP contribution < -0.4 is 14.8 Å². The lowest BCUT2D eigenvalue weighted by molar-refractivity contribution is -0.118. The van der Waals surface area contributed by atoms with Crippen LogP contribution in [0.1, 0.15) is 38.4 Å². The first-order valence-electron chi connectivity index (χ1n) is 11.4. The first-order valence-corrected chi connectivity index (χ1v) is 11.4. The van der Waals surface area contributed by atoms with E-state index < -0.39 is 0 Å². The molecule has 0 unspecified atom stereocenters. The molecule has 170 valence electrons. The molecule has 1 aromatic heterocycles. The number of fused-ring (bicyclic) bond motifs is 1. The maximum atomic E-state index is 12.4. The highest BCUT2D eigenvalue weighted by Gasteiger charge is 2.17. The van der Waals surface area contributed by atoms with Crippen LogP contribution in [0.25, 0.3) is 11.0 Å². The number of carbonyl (C=O) groups excluding carboxylic acids is 1. The van der Waals surface area contributed by atoms with Crippen molar-refractivity contribution in [3.05, 3.63) is 48.3 Å². The standard InChI is InChI=1S/C25H32N4O3/c1-3-13-29-23-12-7-19(16-22(23)27-24(29)17-28-14-5-4-6-15-28)26-25(30)18-32-21-10-8-20(31-2)9-11-21/h7-12,16H,3-6,13-15,17-18H2,1-2H3,(H,26,30). The molecule has 4 rings (SSSR count). The van der Waals surface area contributed by atoms with Crippen LogP contribution in [-0.2, 0) is 17.9 Å². The van der Waals surface area contributed by atoms with E-state index >= 15 is 0 Å². The fourth-order valence-corrected chi connectivity index (χ4v) is 4.19. The van der Waals surface area contributed by atoms with Crippen molar-refractivity contribution in [1.29, 1.82) is 0 Å². The smallest absolute Gasteiger partial charge is 0.262 e. The molecular formula is C25H32N4O3. The van der Waals surface area contributed by atoms with Gasteiger partial charge in [0.2, 0.25) is 0 Å². The number of amides is 1. The maximum Gasteiger partial charge on any atom is 0.262 e. The number of hydrogen-bond acceptors (Lipinski definition) is 5. The van der Waals surface area contributed by atoms with Crippen molar-refractivity contribution in [2.45, 2.75) is 45.7 Å². The number of imidazole rings is 1. The zero-order valence-corrected chi connectivity index (χ0v) is 19.0. The number of aromatic nitrogens is 2. The van der Waals surface area contributed by atoms with Gasteiger partial charge < -0.3 is 19.4 Å². The van der Waals surface area contributed by atoms with Crippen molar-refractivity contribution in [3.63, 3.8) is 0 Å². The summed E-state index contributed by atoms with van der Waals surface area (Å²) in [6, 6.07) is 13.1. The summed E-state index contributed by atoms with van der Waals surface area (Å²) in [6.45, 7) is 6.24. The van der Waals surface area contributed by atoms with Gasteiger partial charge in [0.05, 0.1) is 24.7 Å². The molecule has 32 heavy (non-hydrogen) atoms. The normalized spacial score (nSPS) is 14.4. The van der Waals surface area contributed by atoms with E-state index in [0.717, 1.165) is 60.9 Å². The highest BCUT2D eigenvalue weighted by atomic mass is 16.5. The van der Waals surface area contributed by atoms with Crippen molar-refractivity contribution in [3.8, 4) is 11.5 Å². The number of aryl methyl sites for hydroxylation is 1. The number of carbonyl (C=O) groups is 1. The lowest BCUT2D eigenvalue weighted by Crippen LogP contribution is -2.30. The zero-order valence-electron chi connectivity index (χ0n) is 19.0. The minimum absolute atomic E-state index is 0.0607. The first-order chi connectivity index (χ1) is 15.7. The van der Waals surface area contributed by atoms with Crippen LogP contribution in [0.3, 0.4) is 0 Å². The third-order valence-electron chi connectivity index (χ3n) is 5.80. The first kappa shape index (κ1) is 22.1. The molecule has 0 radical (unpaired) electrons. The van der Waals surface area contributed by atoms with Crippen molar-refractivity contribution < 1.29 is 14.3 Å². The Kier molecular flexibility index (Phi) is 7.27. The van der Waals surface area contributed by atoms with Crippen LogP contribution in [0.15, 0.2) is 42.5 Å². The van der Waals surface area contributed by atoms with Gasteiger partial charge in [-0.25, -0.2) is 4.98 Å². The van der Waals surface area contributed by atoms with Gasteiger partial charge in [-0.2, -0.15) is 0 Å². The molecule has 1 fully saturated rings. The van der Waals surface area contributed by atoms with Gasteiger partial charge in [-0.05, 0) is 74.8 Å². The molecule has 0 saturated carbocycles. The molecule has 0 aliphatic carbocycles. The molecular weight excluding hydrogens is 404 g/mol. The van der Waals surface area contributed by atoms with Crippen LogP contribution in [0, 0.1) is 0 Å². The minimum Gasteiger partial charge on any atom is -0.497 e. The van der Waals surface area contributed by atoms with E-state index in [2.05, 4.69) is 27.8 Å². The van der Waals surface area contributed by atoms with Gasteiger partial charge in [0.25, 0.3) is 5.91 Å². The summed E-state index contributed by atoms with van der Waals surface area (Å²) >= 11 is 0. The average Bonchev–Trinajstić information content (AvgIpc) is 3.15. The van der Waals surface area contributed by atoms with E-state index in [0.29, 0.717) is 5.75 Å². The Balaban J connectivity index is 1.42. The summed E-state index contributed by atoms with van der Waals surface area (Å²) in [5.41, 5.74) is 2.76. The average molecular weight is 437 g/mol. The second-order valence-electron chi connectivity index (χ2n) is 8.23. The number of piperidine rings is 1. The van der Waals surface area contributed by atoms with Crippen molar-refractivity contribution in [2.75, 3.05) is 32.1 Å². The molecule has 7 heteroatoms. The van der Waals surface area contributed by atoms with E-state index in [9.17, 15) is 4.79 Å². The molecule has 2 aromatic carbocycles. The summed E-state index contributed by atoms with van der Waals surface area (Å²) < 4.78 is 13.0. The highest BCUT2D eigenvalue weighted by Crippen LogP contribution is 2.23. The van der Waals surface area contributed by atoms with Gasteiger partial charge in [0, 0.05) is 12.2 Å². The van der Waals surface area contributed by atoms with Crippen molar-refractivity contribution in [1.82, 2.24) is 14.5 Å². The summed E-state index contributed by atoms with van der Waals surface area (Å²) in [4.78, 5) is 19.8. The quantitative estimate of drug-likeness (QED) is 0.536. The Bertz CT molecular complexity index is 1040. The van der Waals surface area contributed by atoms with Crippen LogP contribution in [0.2, 0.25) is 0 Å². The number of anilines is 1. The van der Waals surface area contributed by atoms with E-state index in [-0.39, 0.29) is 12.5 Å². The van der Waals surface area contributed by atoms with Gasteiger partial charge in [-0.3, -0.25) is 9.69 Å². The molecule has 3 aromatic rings. The van der Waals surface area contributed by atoms with Crippen molar-refractivity contribution >= 4 is 22.6 Å². The third kappa shape index (κ3) is 5.40. The zero-order chi connectivity index (χ0) is 22.3. The number of nitrogens with zero attached hydrogens (tertiary/aromatic N) is 3. The monoisotopic (exact) mass is 436 g/mol. The Hall–Kier alpha value is -3.06. The molecule has 0 spiro atoms. The summed E-state index contributed by atoms with van der Waals surface area (Å²) in [5.74, 6) is 2.27. The van der Waals surface area contributed by atoms with Gasteiger partial charge in [0.15, 0.2) is 6.61 Å². The Morgan fingerprint density at radius 3 is 2.53 bits per heavy atom. The fraction of sp³-hybridized carbons (Fsp3) is 0.440. The number of rotatable bonds is 9. The molecule has 7 nitrogen and oxygen atoms in total. The predicted molar refractivity (Wildman–Crippen MR) is 126 cm³/mol. The number of methoxy groups -OCH3 is 1. The molecule has 1 aliphatic rings. The second-order valence-corrected chi connectivity index (χ2v) is 8.23. The summed E-state index contributed by atoms with van der Waals surface area (Å²) in [5, 5.41) is 2.92. The van der Waals surface area contributed by atoms with Crippen LogP contribution in [-0.4, -0.2) is 47.2 Å². The summed E-state index contributed by atoms with van der Waals surface area (Å²) in [7, 11) is 1.61. The summed E-state index contributed by atoms with van der Waals surface area (Å²) in [6.07, 6.45) is 4.92. The largest absolute Gasteiger partial charge is 0.497 e. The van der Waals surface area contributed by atoms with E-state index in [1.165, 1.54) is 19.3 Å². The molecule has 0 atom stereocenters. The van der Waals surface area contributed by atoms with Gasteiger partial charge in [-0.1, -0.05) is 13.3 Å². The predicted octanol–water partition coefficient (Wildman–Crippen LogP) is 4.46. The topological polar surface area (TPSA) is 68.6 Å². The molecule has 2 heterocycles. The number of hydrogen-bond donors (Lipinski definition) is 1. The van der Waals surface area contributed by atoms with Crippen LogP contribution in [0.5, 0.6) is 11.5 Å². The Labute approximate surface area is 189 Å². The lowest BCUT2D eigenvalue weighted by atomic mass is 10.1. The van der Waals surface area contributed by atoms with Gasteiger partial charge >= 0.3 is 0 Å². The third-order valence-corrected chi connectivity index (χ3v) is 5.80. The van der Waals surface area contributed by atoms with E-state index in [1.54, 1.807) is 31.4 Å². The van der Waals surface area contributed by atoms with E-state index in [4.69, 9.17) is 14.5 Å². The van der Waals surface area contributed by atoms with Crippen LogP contribution in [0.4, 0.5) is 5.69 Å². The van der Waals surface area contributed by atoms with Gasteiger partial charge in [0.1, 0.15) is 17.3 Å². The minimum atomic E-state index is -0.207. The second kappa shape index (κ2) is 10.5. The van der Waals surface area contributed by atoms with Crippen LogP contribution >= 0.6 is 0 Å². The van der Waals surface area contributed by atoms with E-state index in [1.807, 2.05) is 12.1 Å². The number of nitrogens with one attached hydrogen (secondary N) is 1. The fourth-order valence-electron chi connectivity index (χ4n) is 4.19. The molecule has 1 saturated heterocycles. The number of ether oxygens (including phenoxy) is 2. The molecule has 0 bridgehead atoms. The van der Waals surface area contributed by atoms with Crippen molar-refractivity contribution in [2.24, 2.45) is 0 Å². The molecule has 1 aliphatic heterocycles. The van der Waals surface area contributed by atoms with Gasteiger partial charge in [-0.15, -0.1) is 0 Å². The maximum absolute atomic E-state index is 12.4.